The third-order valence-electron chi connectivity index (χ3n) is 2.69. The molecule has 0 heterocycles. The molecule has 0 saturated heterocycles. The van der Waals surface area contributed by atoms with Crippen molar-refractivity contribution in [1.29, 1.82) is 0 Å². The monoisotopic (exact) mass is 262 g/mol. The lowest BCUT2D eigenvalue weighted by Crippen LogP contribution is -2.34. The maximum atomic E-state index is 13.4. The van der Waals surface area contributed by atoms with Gasteiger partial charge in [0.2, 0.25) is 0 Å². The molecule has 0 radical (unpaired) electrons. The van der Waals surface area contributed by atoms with E-state index in [1.807, 2.05) is 0 Å². The molecule has 1 nitrogen and oxygen atoms in total. The summed E-state index contributed by atoms with van der Waals surface area (Å²) in [5.41, 5.74) is -1.07. The second-order valence-electron chi connectivity index (χ2n) is 3.63. The van der Waals surface area contributed by atoms with Crippen molar-refractivity contribution in [3.63, 3.8) is 0 Å². The van der Waals surface area contributed by atoms with Crippen LogP contribution in [0.1, 0.15) is 24.8 Å². The third-order valence-corrected chi connectivity index (χ3v) is 3.30. The minimum absolute atomic E-state index is 0.0736. The summed E-state index contributed by atoms with van der Waals surface area (Å²) in [6.45, 7) is 0. The fourth-order valence-corrected chi connectivity index (χ4v) is 1.98. The van der Waals surface area contributed by atoms with Crippen molar-refractivity contribution in [2.75, 3.05) is 0 Å². The summed E-state index contributed by atoms with van der Waals surface area (Å²) in [5.74, 6) is -1.10. The van der Waals surface area contributed by atoms with E-state index in [1.165, 1.54) is 0 Å². The first-order chi connectivity index (χ1) is 6.53. The van der Waals surface area contributed by atoms with Crippen molar-refractivity contribution >= 4 is 15.9 Å². The Morgan fingerprint density at radius 1 is 1.21 bits per heavy atom. The number of hydrogen-bond donors (Lipinski definition) is 1. The molecule has 1 fully saturated rings. The van der Waals surface area contributed by atoms with Crippen LogP contribution < -0.4 is 0 Å². The van der Waals surface area contributed by atoms with Gasteiger partial charge in [-0.1, -0.05) is 0 Å². The minimum atomic E-state index is -1.15. The van der Waals surface area contributed by atoms with Crippen LogP contribution in [0.2, 0.25) is 0 Å². The van der Waals surface area contributed by atoms with E-state index in [0.717, 1.165) is 18.6 Å². The Morgan fingerprint density at radius 3 is 2.36 bits per heavy atom. The summed E-state index contributed by atoms with van der Waals surface area (Å²) in [4.78, 5) is 0. The Labute approximate surface area is 88.9 Å². The van der Waals surface area contributed by atoms with Crippen LogP contribution in [0.15, 0.2) is 16.6 Å². The summed E-state index contributed by atoms with van der Waals surface area (Å²) >= 11 is 2.89. The van der Waals surface area contributed by atoms with Gasteiger partial charge in [-0.3, -0.25) is 0 Å². The van der Waals surface area contributed by atoms with Crippen molar-refractivity contribution in [2.45, 2.75) is 24.9 Å². The predicted octanol–water partition coefficient (Wildman–Crippen LogP) is 3.10. The maximum absolute atomic E-state index is 13.4. The Morgan fingerprint density at radius 2 is 1.86 bits per heavy atom. The molecule has 1 N–H and O–H groups in total. The average molecular weight is 263 g/mol. The van der Waals surface area contributed by atoms with Crippen LogP contribution in [0.5, 0.6) is 0 Å². The number of rotatable bonds is 1. The predicted molar refractivity (Wildman–Crippen MR) is 51.8 cm³/mol. The molecule has 1 aliphatic carbocycles. The number of halogens is 3. The average Bonchev–Trinajstić information content (AvgIpc) is 2.07. The molecular formula is C10H9BrF2O. The van der Waals surface area contributed by atoms with Crippen LogP contribution in [0.25, 0.3) is 0 Å². The molecule has 2 rings (SSSR count). The molecule has 0 atom stereocenters. The maximum Gasteiger partial charge on any atom is 0.137 e. The van der Waals surface area contributed by atoms with Crippen molar-refractivity contribution < 1.29 is 13.9 Å². The highest BCUT2D eigenvalue weighted by Crippen LogP contribution is 2.42. The van der Waals surface area contributed by atoms with Crippen LogP contribution in [0, 0.1) is 11.6 Å². The van der Waals surface area contributed by atoms with E-state index in [1.54, 1.807) is 0 Å². The largest absolute Gasteiger partial charge is 0.385 e. The van der Waals surface area contributed by atoms with Crippen LogP contribution >= 0.6 is 15.9 Å². The van der Waals surface area contributed by atoms with Gasteiger partial charge in [-0.2, -0.15) is 0 Å². The summed E-state index contributed by atoms with van der Waals surface area (Å²) < 4.78 is 26.6. The molecule has 4 heteroatoms. The Bertz CT molecular complexity index is 375. The third kappa shape index (κ3) is 1.46. The second kappa shape index (κ2) is 3.28. The molecule has 0 aliphatic heterocycles. The zero-order chi connectivity index (χ0) is 10.3. The van der Waals surface area contributed by atoms with E-state index in [4.69, 9.17) is 0 Å². The molecule has 1 aromatic rings. The highest BCUT2D eigenvalue weighted by atomic mass is 79.9. The standard InChI is InChI=1S/C10H9BrF2O/c11-7-5-8(12)6(4-9(7)13)10(14)2-1-3-10/h4-5,14H,1-3H2. The molecular weight excluding hydrogens is 254 g/mol. The van der Waals surface area contributed by atoms with Gasteiger partial charge in [-0.25, -0.2) is 8.78 Å². The van der Waals surface area contributed by atoms with Crippen LogP contribution in [-0.4, -0.2) is 5.11 Å². The van der Waals surface area contributed by atoms with Crippen molar-refractivity contribution in [3.05, 3.63) is 33.8 Å². The molecule has 1 aliphatic rings. The topological polar surface area (TPSA) is 20.2 Å². The summed E-state index contributed by atoms with van der Waals surface area (Å²) in [5, 5.41) is 9.86. The van der Waals surface area contributed by atoms with Gasteiger partial charge in [-0.15, -0.1) is 0 Å². The molecule has 1 aromatic carbocycles. The second-order valence-corrected chi connectivity index (χ2v) is 4.49. The minimum Gasteiger partial charge on any atom is -0.385 e. The van der Waals surface area contributed by atoms with Gasteiger partial charge in [0, 0.05) is 5.56 Å². The normalized spacial score (nSPS) is 19.1. The zero-order valence-electron chi connectivity index (χ0n) is 7.36. The summed E-state index contributed by atoms with van der Waals surface area (Å²) in [6.07, 6.45) is 1.86. The van der Waals surface area contributed by atoms with E-state index in [0.29, 0.717) is 12.8 Å². The molecule has 0 unspecified atom stereocenters. The van der Waals surface area contributed by atoms with Gasteiger partial charge >= 0.3 is 0 Å². The number of aliphatic hydroxyl groups is 1. The molecule has 0 spiro atoms. The van der Waals surface area contributed by atoms with Crippen molar-refractivity contribution in [3.8, 4) is 0 Å². The highest BCUT2D eigenvalue weighted by Gasteiger charge is 2.38. The number of hydrogen-bond acceptors (Lipinski definition) is 1. The Kier molecular flexibility index (Phi) is 2.35. The Hall–Kier alpha value is -0.480. The van der Waals surface area contributed by atoms with E-state index in [-0.39, 0.29) is 10.0 Å². The van der Waals surface area contributed by atoms with Gasteiger partial charge < -0.3 is 5.11 Å². The Balaban J connectivity index is 2.48. The molecule has 14 heavy (non-hydrogen) atoms. The van der Waals surface area contributed by atoms with Gasteiger partial charge in [0.15, 0.2) is 0 Å². The summed E-state index contributed by atoms with van der Waals surface area (Å²) in [7, 11) is 0. The first-order valence-electron chi connectivity index (χ1n) is 4.40. The lowest BCUT2D eigenvalue weighted by atomic mass is 9.75. The van der Waals surface area contributed by atoms with Crippen molar-refractivity contribution in [2.24, 2.45) is 0 Å². The smallest absolute Gasteiger partial charge is 0.137 e. The number of benzene rings is 1. The lowest BCUT2D eigenvalue weighted by Gasteiger charge is -2.37. The SMILES string of the molecule is OC1(c2cc(F)c(Br)cc2F)CCC1. The highest BCUT2D eigenvalue weighted by molar-refractivity contribution is 9.10. The van der Waals surface area contributed by atoms with Gasteiger partial charge in [0.1, 0.15) is 11.6 Å². The van der Waals surface area contributed by atoms with Crippen molar-refractivity contribution in [1.82, 2.24) is 0 Å². The quantitative estimate of drug-likeness (QED) is 0.772. The van der Waals surface area contributed by atoms with E-state index in [9.17, 15) is 13.9 Å². The van der Waals surface area contributed by atoms with Crippen LogP contribution in [-0.2, 0) is 5.60 Å². The lowest BCUT2D eigenvalue weighted by molar-refractivity contribution is -0.0419. The molecule has 76 valence electrons. The van der Waals surface area contributed by atoms with E-state index in [2.05, 4.69) is 15.9 Å². The first kappa shape index (κ1) is 10.1. The van der Waals surface area contributed by atoms with Gasteiger partial charge in [-0.05, 0) is 47.3 Å². The zero-order valence-corrected chi connectivity index (χ0v) is 8.94. The fraction of sp³-hybridized carbons (Fsp3) is 0.400. The molecule has 0 bridgehead atoms. The van der Waals surface area contributed by atoms with Crippen LogP contribution in [0.4, 0.5) is 8.78 Å². The van der Waals surface area contributed by atoms with E-state index >= 15 is 0 Å². The van der Waals surface area contributed by atoms with Gasteiger partial charge in [0.05, 0.1) is 10.1 Å². The molecule has 0 amide bonds. The van der Waals surface area contributed by atoms with Crippen LogP contribution in [0.3, 0.4) is 0 Å². The first-order valence-corrected chi connectivity index (χ1v) is 5.20. The van der Waals surface area contributed by atoms with Gasteiger partial charge in [0.25, 0.3) is 0 Å². The van der Waals surface area contributed by atoms with E-state index < -0.39 is 17.2 Å². The fourth-order valence-electron chi connectivity index (χ4n) is 1.66. The summed E-state index contributed by atoms with van der Waals surface area (Å²) in [6, 6.07) is 2.12. The molecule has 0 aromatic heterocycles. The molecule has 1 saturated carbocycles.